The Kier molecular flexibility index (Phi) is 6.42. The first-order valence-corrected chi connectivity index (χ1v) is 7.23. The van der Waals surface area contributed by atoms with Crippen molar-refractivity contribution < 1.29 is 19.0 Å². The molecule has 0 aliphatic heterocycles. The van der Waals surface area contributed by atoms with Crippen molar-refractivity contribution in [1.29, 1.82) is 0 Å². The van der Waals surface area contributed by atoms with Gasteiger partial charge in [0.1, 0.15) is 5.82 Å². The quantitative estimate of drug-likeness (QED) is 0.776. The van der Waals surface area contributed by atoms with E-state index in [2.05, 4.69) is 21.2 Å². The molecular weight excluding hydrogens is 329 g/mol. The molecule has 2 N–H and O–H groups in total. The van der Waals surface area contributed by atoms with Crippen LogP contribution in [0.25, 0.3) is 0 Å². The summed E-state index contributed by atoms with van der Waals surface area (Å²) in [5, 5.41) is 12.0. The highest BCUT2D eigenvalue weighted by Gasteiger charge is 2.31. The molecule has 0 aliphatic carbocycles. The molecule has 0 bridgehead atoms. The van der Waals surface area contributed by atoms with Crippen LogP contribution in [0, 0.1) is 5.82 Å². The summed E-state index contributed by atoms with van der Waals surface area (Å²) < 4.78 is 19.5. The van der Waals surface area contributed by atoms with Gasteiger partial charge >= 0.3 is 6.09 Å². The topological polar surface area (TPSA) is 58.6 Å². The van der Waals surface area contributed by atoms with Crippen LogP contribution in [0.15, 0.2) is 22.7 Å². The summed E-state index contributed by atoms with van der Waals surface area (Å²) >= 11 is 3.24. The van der Waals surface area contributed by atoms with Crippen LogP contribution in [0.3, 0.4) is 0 Å². The van der Waals surface area contributed by atoms with Crippen LogP contribution < -0.4 is 5.32 Å². The lowest BCUT2D eigenvalue weighted by Crippen LogP contribution is -2.47. The molecule has 1 amide bonds. The predicted octanol–water partition coefficient (Wildman–Crippen LogP) is 3.32. The maximum absolute atomic E-state index is 13.9. The van der Waals surface area contributed by atoms with E-state index in [1.54, 1.807) is 13.0 Å². The number of halogens is 2. The van der Waals surface area contributed by atoms with Gasteiger partial charge in [-0.25, -0.2) is 9.18 Å². The van der Waals surface area contributed by atoms with Crippen molar-refractivity contribution in [2.45, 2.75) is 32.2 Å². The Bertz CT molecular complexity index is 470. The molecule has 1 aromatic carbocycles. The smallest absolute Gasteiger partial charge is 0.407 e. The van der Waals surface area contributed by atoms with E-state index in [-0.39, 0.29) is 5.56 Å². The fraction of sp³-hybridized carbons (Fsp3) is 0.500. The Labute approximate surface area is 126 Å². The van der Waals surface area contributed by atoms with Gasteiger partial charge in [0.2, 0.25) is 0 Å². The van der Waals surface area contributed by atoms with E-state index in [0.717, 1.165) is 12.8 Å². The minimum Gasteiger partial charge on any atom is -0.450 e. The van der Waals surface area contributed by atoms with E-state index >= 15 is 0 Å². The molecule has 0 aliphatic rings. The van der Waals surface area contributed by atoms with Crippen molar-refractivity contribution in [1.82, 2.24) is 5.32 Å². The number of rotatable bonds is 6. The highest BCUT2D eigenvalue weighted by molar-refractivity contribution is 9.10. The van der Waals surface area contributed by atoms with E-state index in [1.807, 2.05) is 6.92 Å². The van der Waals surface area contributed by atoms with Crippen molar-refractivity contribution in [3.63, 3.8) is 0 Å². The highest BCUT2D eigenvalue weighted by Crippen LogP contribution is 2.26. The minimum atomic E-state index is -1.24. The second-order valence-electron chi connectivity index (χ2n) is 4.73. The Morgan fingerprint density at radius 2 is 2.25 bits per heavy atom. The van der Waals surface area contributed by atoms with Gasteiger partial charge in [-0.2, -0.15) is 0 Å². The molecule has 4 nitrogen and oxygen atoms in total. The van der Waals surface area contributed by atoms with Gasteiger partial charge in [-0.1, -0.05) is 29.3 Å². The standard InChI is InChI=1S/C14H19BrFNO3/c1-3-4-7-20-13(19)17-14(2,9-18)11-8-10(15)5-6-12(11)16/h5-6,8,18H,3-4,7,9H2,1-2H3,(H,17,19). The molecule has 1 rings (SSSR count). The van der Waals surface area contributed by atoms with Gasteiger partial charge in [0.05, 0.1) is 18.8 Å². The maximum Gasteiger partial charge on any atom is 0.407 e. The van der Waals surface area contributed by atoms with Crippen molar-refractivity contribution in [3.05, 3.63) is 34.1 Å². The third-order valence-corrected chi connectivity index (χ3v) is 3.44. The normalized spacial score (nSPS) is 13.7. The van der Waals surface area contributed by atoms with Gasteiger partial charge in [-0.05, 0) is 31.5 Å². The molecule has 0 radical (unpaired) electrons. The zero-order valence-corrected chi connectivity index (χ0v) is 13.2. The number of aliphatic hydroxyl groups excluding tert-OH is 1. The molecule has 112 valence electrons. The van der Waals surface area contributed by atoms with Gasteiger partial charge in [-0.15, -0.1) is 0 Å². The number of alkyl carbamates (subject to hydrolysis) is 1. The Morgan fingerprint density at radius 3 is 2.85 bits per heavy atom. The first-order valence-electron chi connectivity index (χ1n) is 6.44. The van der Waals surface area contributed by atoms with Gasteiger partial charge in [0.15, 0.2) is 0 Å². The number of carbonyl (C=O) groups excluding carboxylic acids is 1. The lowest BCUT2D eigenvalue weighted by Gasteiger charge is -2.29. The zero-order valence-electron chi connectivity index (χ0n) is 11.6. The number of carbonyl (C=O) groups is 1. The number of aliphatic hydroxyl groups is 1. The number of benzene rings is 1. The number of hydrogen-bond acceptors (Lipinski definition) is 3. The van der Waals surface area contributed by atoms with Crippen LogP contribution in [0.1, 0.15) is 32.3 Å². The van der Waals surface area contributed by atoms with Gasteiger partial charge in [0, 0.05) is 10.0 Å². The van der Waals surface area contributed by atoms with Crippen LogP contribution in [-0.2, 0) is 10.3 Å². The zero-order chi connectivity index (χ0) is 15.2. The lowest BCUT2D eigenvalue weighted by atomic mass is 9.92. The molecular formula is C14H19BrFNO3. The average Bonchev–Trinajstić information content (AvgIpc) is 2.41. The Balaban J connectivity index is 2.85. The fourth-order valence-corrected chi connectivity index (χ4v) is 2.04. The molecule has 1 atom stereocenters. The van der Waals surface area contributed by atoms with E-state index in [1.165, 1.54) is 12.1 Å². The molecule has 0 spiro atoms. The third-order valence-electron chi connectivity index (χ3n) is 2.95. The van der Waals surface area contributed by atoms with Crippen LogP contribution in [0.5, 0.6) is 0 Å². The van der Waals surface area contributed by atoms with Crippen LogP contribution in [-0.4, -0.2) is 24.4 Å². The second-order valence-corrected chi connectivity index (χ2v) is 5.64. The van der Waals surface area contributed by atoms with Gasteiger partial charge in [0.25, 0.3) is 0 Å². The highest BCUT2D eigenvalue weighted by atomic mass is 79.9. The average molecular weight is 348 g/mol. The number of ether oxygens (including phenoxy) is 1. The molecule has 1 aromatic rings. The molecule has 0 heterocycles. The van der Waals surface area contributed by atoms with Crippen molar-refractivity contribution in [3.8, 4) is 0 Å². The van der Waals surface area contributed by atoms with Crippen LogP contribution in [0.2, 0.25) is 0 Å². The van der Waals surface area contributed by atoms with Crippen LogP contribution >= 0.6 is 15.9 Å². The fourth-order valence-electron chi connectivity index (χ4n) is 1.68. The number of hydrogen-bond donors (Lipinski definition) is 2. The summed E-state index contributed by atoms with van der Waals surface area (Å²) in [6.07, 6.45) is 0.994. The second kappa shape index (κ2) is 7.59. The minimum absolute atomic E-state index is 0.196. The molecule has 0 saturated heterocycles. The number of amides is 1. The van der Waals surface area contributed by atoms with Crippen molar-refractivity contribution >= 4 is 22.0 Å². The lowest BCUT2D eigenvalue weighted by molar-refractivity contribution is 0.113. The summed E-state index contributed by atoms with van der Waals surface area (Å²) in [7, 11) is 0. The molecule has 0 saturated carbocycles. The molecule has 20 heavy (non-hydrogen) atoms. The Hall–Kier alpha value is -1.14. The van der Waals surface area contributed by atoms with E-state index in [4.69, 9.17) is 4.74 Å². The van der Waals surface area contributed by atoms with Crippen molar-refractivity contribution in [2.75, 3.05) is 13.2 Å². The molecule has 6 heteroatoms. The molecule has 1 unspecified atom stereocenters. The van der Waals surface area contributed by atoms with Gasteiger partial charge < -0.3 is 15.2 Å². The first kappa shape index (κ1) is 16.9. The predicted molar refractivity (Wildman–Crippen MR) is 77.9 cm³/mol. The summed E-state index contributed by atoms with van der Waals surface area (Å²) in [5.74, 6) is -0.501. The summed E-state index contributed by atoms with van der Waals surface area (Å²) in [6, 6.07) is 4.35. The summed E-state index contributed by atoms with van der Waals surface area (Å²) in [6.45, 7) is 3.38. The van der Waals surface area contributed by atoms with E-state index in [0.29, 0.717) is 11.1 Å². The number of unbranched alkanes of at least 4 members (excludes halogenated alkanes) is 1. The third kappa shape index (κ3) is 4.45. The number of nitrogens with one attached hydrogen (secondary N) is 1. The van der Waals surface area contributed by atoms with E-state index < -0.39 is 24.1 Å². The summed E-state index contributed by atoms with van der Waals surface area (Å²) in [5.41, 5.74) is -1.04. The van der Waals surface area contributed by atoms with Crippen molar-refractivity contribution in [2.24, 2.45) is 0 Å². The largest absolute Gasteiger partial charge is 0.450 e. The summed E-state index contributed by atoms with van der Waals surface area (Å²) in [4.78, 5) is 11.7. The first-order chi connectivity index (χ1) is 9.42. The molecule has 0 aromatic heterocycles. The SMILES string of the molecule is CCCCOC(=O)NC(C)(CO)c1cc(Br)ccc1F. The van der Waals surface area contributed by atoms with E-state index in [9.17, 15) is 14.3 Å². The van der Waals surface area contributed by atoms with Gasteiger partial charge in [-0.3, -0.25) is 0 Å². The monoisotopic (exact) mass is 347 g/mol. The Morgan fingerprint density at radius 1 is 1.55 bits per heavy atom. The molecule has 0 fully saturated rings. The maximum atomic E-state index is 13.9. The van der Waals surface area contributed by atoms with Crippen LogP contribution in [0.4, 0.5) is 9.18 Å².